The summed E-state index contributed by atoms with van der Waals surface area (Å²) in [6.07, 6.45) is 9.70. The van der Waals surface area contributed by atoms with E-state index in [2.05, 4.69) is 66.2 Å². The molecule has 1 aromatic carbocycles. The molecule has 59 heavy (non-hydrogen) atoms. The average Bonchev–Trinajstić information content (AvgIpc) is 3.96. The van der Waals surface area contributed by atoms with Gasteiger partial charge in [0.25, 0.3) is 11.8 Å². The van der Waals surface area contributed by atoms with E-state index in [0.29, 0.717) is 78.1 Å². The van der Waals surface area contributed by atoms with Gasteiger partial charge in [0.15, 0.2) is 5.82 Å². The van der Waals surface area contributed by atoms with Crippen molar-refractivity contribution in [3.63, 3.8) is 0 Å². The molecule has 0 unspecified atom stereocenters. The first kappa shape index (κ1) is 43.1. The Labute approximate surface area is 344 Å². The van der Waals surface area contributed by atoms with Crippen LogP contribution >= 0.6 is 0 Å². The molecule has 0 spiro atoms. The van der Waals surface area contributed by atoms with E-state index >= 15 is 0 Å². The van der Waals surface area contributed by atoms with Crippen LogP contribution in [0.4, 0.5) is 16.6 Å². The number of piperazine rings is 1. The summed E-state index contributed by atoms with van der Waals surface area (Å²) in [5.41, 5.74) is 16.5. The van der Waals surface area contributed by atoms with Gasteiger partial charge in [-0.3, -0.25) is 24.4 Å². The number of imide groups is 1. The van der Waals surface area contributed by atoms with Gasteiger partial charge >= 0.3 is 6.03 Å². The van der Waals surface area contributed by atoms with Crippen LogP contribution in [0, 0.1) is 0 Å². The topological polar surface area (TPSA) is 206 Å². The molecule has 320 valence electrons. The quantitative estimate of drug-likeness (QED) is 0.0644. The Hall–Kier alpha value is -5.47. The van der Waals surface area contributed by atoms with Crippen LogP contribution in [-0.2, 0) is 36.9 Å². The van der Waals surface area contributed by atoms with Crippen molar-refractivity contribution in [3.8, 4) is 5.75 Å². The molecule has 6 rings (SSSR count). The van der Waals surface area contributed by atoms with Crippen LogP contribution in [-0.4, -0.2) is 151 Å². The number of urea groups is 1. The van der Waals surface area contributed by atoms with Gasteiger partial charge in [-0.15, -0.1) is 5.53 Å². The number of ether oxygens (including phenoxy) is 4. The molecule has 4 amide bonds. The number of nitrogens with zero attached hydrogens (tertiary/aromatic N) is 7. The lowest BCUT2D eigenvalue weighted by Crippen LogP contribution is -2.51. The Balaban J connectivity index is 0.805. The van der Waals surface area contributed by atoms with Crippen LogP contribution < -0.4 is 32.1 Å². The fraction of sp³-hybridized carbons (Fsp3) is 0.525. The number of hydrogen-bond donors (Lipinski definition) is 5. The number of aromatic nitrogens is 3. The first-order chi connectivity index (χ1) is 28.8. The number of carbonyl (C=O) groups is 3. The van der Waals surface area contributed by atoms with Crippen LogP contribution in [0.1, 0.15) is 37.3 Å². The Kier molecular flexibility index (Phi) is 16.1. The van der Waals surface area contributed by atoms with Crippen LogP contribution in [0.2, 0.25) is 0 Å². The Morgan fingerprint density at radius 3 is 2.37 bits per heavy atom. The average molecular weight is 819 g/mol. The highest BCUT2D eigenvalue weighted by atomic mass is 16.5. The molecule has 1 saturated heterocycles. The molecular formula is C40H58N12O7. The molecule has 0 bridgehead atoms. The van der Waals surface area contributed by atoms with Gasteiger partial charge in [0, 0.05) is 75.9 Å². The molecule has 1 fully saturated rings. The predicted molar refractivity (Wildman–Crippen MR) is 222 cm³/mol. The SMILES string of the molecule is CCCCCNc1nc(N)nc2ccn(Cc3ccc(CN4CCN(C(=O)NCCOCCOCCOCCN5C=C(CN6C(=O)C=CC6=O)NN5)CC4)cc3OC)c12. The fourth-order valence-electron chi connectivity index (χ4n) is 6.93. The van der Waals surface area contributed by atoms with Crippen molar-refractivity contribution >= 4 is 40.6 Å². The monoisotopic (exact) mass is 818 g/mol. The number of benzene rings is 1. The van der Waals surface area contributed by atoms with Crippen molar-refractivity contribution in [2.75, 3.05) is 110 Å². The van der Waals surface area contributed by atoms with Crippen molar-refractivity contribution in [1.82, 2.24) is 50.5 Å². The van der Waals surface area contributed by atoms with E-state index < -0.39 is 0 Å². The fourth-order valence-corrected chi connectivity index (χ4v) is 6.93. The van der Waals surface area contributed by atoms with Gasteiger partial charge < -0.3 is 50.2 Å². The van der Waals surface area contributed by atoms with Crippen molar-refractivity contribution in [2.45, 2.75) is 39.3 Å². The highest BCUT2D eigenvalue weighted by Crippen LogP contribution is 2.27. The third-order valence-electron chi connectivity index (χ3n) is 10.1. The molecule has 0 saturated carbocycles. The van der Waals surface area contributed by atoms with Crippen molar-refractivity contribution < 1.29 is 33.3 Å². The third kappa shape index (κ3) is 12.5. The molecule has 0 atom stereocenters. The first-order valence-electron chi connectivity index (χ1n) is 20.3. The molecule has 6 N–H and O–H groups in total. The second-order valence-electron chi connectivity index (χ2n) is 14.4. The van der Waals surface area contributed by atoms with Gasteiger partial charge in [-0.25, -0.2) is 9.78 Å². The van der Waals surface area contributed by atoms with E-state index in [-0.39, 0.29) is 30.3 Å². The van der Waals surface area contributed by atoms with Crippen molar-refractivity contribution in [3.05, 3.63) is 65.6 Å². The molecular weight excluding hydrogens is 761 g/mol. The standard InChI is InChI=1S/C40H58N12O7/c1-3-4-5-11-42-38-37-33(44-39(41)45-38)10-13-50(37)27-31-7-6-30(25-34(31)56-2)26-48-14-16-49(17-15-48)40(55)43-12-19-57-21-23-59-24-22-58-20-18-51-28-32(46-47-51)29-52-35(53)8-9-36(52)54/h6-10,13,25,28,46-47H,3-5,11-12,14-24,26-27,29H2,1-2H3,(H,43,55)(H3,41,42,44,45). The van der Waals surface area contributed by atoms with Crippen LogP contribution in [0.25, 0.3) is 11.0 Å². The van der Waals surface area contributed by atoms with Crippen LogP contribution in [0.15, 0.2) is 54.5 Å². The molecule has 5 heterocycles. The second-order valence-corrected chi connectivity index (χ2v) is 14.4. The van der Waals surface area contributed by atoms with Crippen LogP contribution in [0.5, 0.6) is 5.75 Å². The summed E-state index contributed by atoms with van der Waals surface area (Å²) in [4.78, 5) is 50.6. The number of nitrogen functional groups attached to an aromatic ring is 1. The summed E-state index contributed by atoms with van der Waals surface area (Å²) >= 11 is 0. The summed E-state index contributed by atoms with van der Waals surface area (Å²) in [7, 11) is 1.70. The zero-order valence-corrected chi connectivity index (χ0v) is 34.1. The smallest absolute Gasteiger partial charge is 0.317 e. The van der Waals surface area contributed by atoms with E-state index in [1.807, 2.05) is 17.2 Å². The second kappa shape index (κ2) is 22.1. The highest BCUT2D eigenvalue weighted by molar-refractivity contribution is 6.13. The van der Waals surface area contributed by atoms with E-state index in [1.54, 1.807) is 18.3 Å². The summed E-state index contributed by atoms with van der Waals surface area (Å²) in [6, 6.07) is 8.25. The number of unbranched alkanes of at least 4 members (excludes halogenated alkanes) is 2. The third-order valence-corrected chi connectivity index (χ3v) is 10.1. The zero-order valence-electron chi connectivity index (χ0n) is 34.1. The number of nitrogens with two attached hydrogens (primary N) is 1. The largest absolute Gasteiger partial charge is 0.496 e. The number of nitrogens with one attached hydrogen (secondary N) is 4. The lowest BCUT2D eigenvalue weighted by Gasteiger charge is -2.34. The van der Waals surface area contributed by atoms with Crippen molar-refractivity contribution in [1.29, 1.82) is 0 Å². The Bertz CT molecular complexity index is 1910. The van der Waals surface area contributed by atoms with Crippen LogP contribution in [0.3, 0.4) is 0 Å². The minimum absolute atomic E-state index is 0.0849. The van der Waals surface area contributed by atoms with Crippen molar-refractivity contribution in [2.24, 2.45) is 0 Å². The highest BCUT2D eigenvalue weighted by Gasteiger charge is 2.26. The minimum Gasteiger partial charge on any atom is -0.496 e. The van der Waals surface area contributed by atoms with Gasteiger partial charge in [-0.1, -0.05) is 31.9 Å². The van der Waals surface area contributed by atoms with E-state index in [4.69, 9.17) is 24.7 Å². The number of amides is 4. The molecule has 3 aliphatic heterocycles. The molecule has 0 radical (unpaired) electrons. The van der Waals surface area contributed by atoms with Gasteiger partial charge in [-0.2, -0.15) is 4.98 Å². The summed E-state index contributed by atoms with van der Waals surface area (Å²) in [5.74, 6) is 1.18. The van der Waals surface area contributed by atoms with E-state index in [0.717, 1.165) is 84.1 Å². The number of methoxy groups -OCH3 is 1. The predicted octanol–water partition coefficient (Wildman–Crippen LogP) is 1.64. The number of hydrogen-bond acceptors (Lipinski definition) is 15. The number of hydrazine groups is 2. The minimum atomic E-state index is -0.321. The molecule has 3 aromatic rings. The van der Waals surface area contributed by atoms with Gasteiger partial charge in [0.05, 0.1) is 77.6 Å². The molecule has 19 nitrogen and oxygen atoms in total. The van der Waals surface area contributed by atoms with Gasteiger partial charge in [0.2, 0.25) is 5.95 Å². The maximum absolute atomic E-state index is 12.8. The number of carbonyl (C=O) groups excluding carboxylic acids is 3. The number of fused-ring (bicyclic) bond motifs is 1. The summed E-state index contributed by atoms with van der Waals surface area (Å²) in [5, 5.41) is 8.20. The lowest BCUT2D eigenvalue weighted by molar-refractivity contribution is -0.136. The maximum Gasteiger partial charge on any atom is 0.317 e. The number of anilines is 2. The zero-order chi connectivity index (χ0) is 41.4. The lowest BCUT2D eigenvalue weighted by atomic mass is 10.1. The molecule has 0 aliphatic carbocycles. The maximum atomic E-state index is 12.8. The molecule has 19 heteroatoms. The Morgan fingerprint density at radius 2 is 1.63 bits per heavy atom. The summed E-state index contributed by atoms with van der Waals surface area (Å²) < 4.78 is 24.8. The first-order valence-corrected chi connectivity index (χ1v) is 20.3. The molecule has 3 aliphatic rings. The molecule has 2 aromatic heterocycles. The van der Waals surface area contributed by atoms with Gasteiger partial charge in [-0.05, 0) is 24.1 Å². The van der Waals surface area contributed by atoms with Gasteiger partial charge in [0.1, 0.15) is 11.3 Å². The normalized spacial score (nSPS) is 15.7. The Morgan fingerprint density at radius 1 is 0.881 bits per heavy atom. The van der Waals surface area contributed by atoms with E-state index in [9.17, 15) is 14.4 Å². The number of rotatable bonds is 24. The summed E-state index contributed by atoms with van der Waals surface area (Å²) in [6.45, 7) is 10.9. The van der Waals surface area contributed by atoms with E-state index in [1.165, 1.54) is 12.2 Å².